The van der Waals surface area contributed by atoms with Gasteiger partial charge in [-0.05, 0) is 26.4 Å². The number of ether oxygens (including phenoxy) is 1. The minimum absolute atomic E-state index is 0.398. The number of rotatable bonds is 7. The molecule has 0 bridgehead atoms. The molecular weight excluding hydrogens is 208 g/mol. The first-order valence-electron chi connectivity index (χ1n) is 5.94. The number of nitrogens with one attached hydrogen (secondary N) is 1. The summed E-state index contributed by atoms with van der Waals surface area (Å²) in [5.41, 5.74) is 0. The van der Waals surface area contributed by atoms with Crippen LogP contribution in [0.5, 0.6) is 0 Å². The molecule has 1 rings (SSSR count). The molecule has 5 nitrogen and oxygen atoms in total. The Morgan fingerprint density at radius 3 is 2.69 bits per heavy atom. The summed E-state index contributed by atoms with van der Waals surface area (Å²) in [5, 5.41) is 11.6. The van der Waals surface area contributed by atoms with Crippen LogP contribution >= 0.6 is 0 Å². The van der Waals surface area contributed by atoms with Gasteiger partial charge in [-0.3, -0.25) is 9.69 Å². The molecule has 2 N–H and O–H groups in total. The Morgan fingerprint density at radius 2 is 2.12 bits per heavy atom. The van der Waals surface area contributed by atoms with Crippen LogP contribution in [0.15, 0.2) is 0 Å². The van der Waals surface area contributed by atoms with E-state index in [-0.39, 0.29) is 0 Å². The zero-order chi connectivity index (χ0) is 11.8. The molecule has 94 valence electrons. The number of hydrogen-bond acceptors (Lipinski definition) is 4. The first-order chi connectivity index (χ1) is 7.74. The Hall–Kier alpha value is -0.650. The number of hydrogen-bond donors (Lipinski definition) is 2. The second kappa shape index (κ2) is 7.60. The predicted molar refractivity (Wildman–Crippen MR) is 61.6 cm³/mol. The van der Waals surface area contributed by atoms with E-state index in [0.717, 1.165) is 45.7 Å². The van der Waals surface area contributed by atoms with E-state index >= 15 is 0 Å². The van der Waals surface area contributed by atoms with Crippen molar-refractivity contribution in [2.45, 2.75) is 25.3 Å². The van der Waals surface area contributed by atoms with Gasteiger partial charge in [-0.15, -0.1) is 0 Å². The summed E-state index contributed by atoms with van der Waals surface area (Å²) in [6, 6.07) is -0.398. The van der Waals surface area contributed by atoms with E-state index in [1.807, 2.05) is 0 Å². The average molecular weight is 230 g/mol. The van der Waals surface area contributed by atoms with Gasteiger partial charge >= 0.3 is 5.97 Å². The van der Waals surface area contributed by atoms with Gasteiger partial charge in [0.25, 0.3) is 0 Å². The van der Waals surface area contributed by atoms with Crippen LogP contribution in [0, 0.1) is 0 Å². The summed E-state index contributed by atoms with van der Waals surface area (Å²) in [6.07, 6.45) is 2.72. The number of likely N-dealkylation sites (N-methyl/N-ethyl adjacent to an activating group) is 1. The molecule has 0 aliphatic carbocycles. The lowest BCUT2D eigenvalue weighted by Gasteiger charge is -2.26. The van der Waals surface area contributed by atoms with Crippen molar-refractivity contribution in [3.05, 3.63) is 0 Å². The van der Waals surface area contributed by atoms with Crippen LogP contribution in [0.3, 0.4) is 0 Å². The van der Waals surface area contributed by atoms with Crippen molar-refractivity contribution in [2.75, 3.05) is 39.9 Å². The number of carboxylic acids is 1. The molecule has 0 aromatic rings. The van der Waals surface area contributed by atoms with Crippen molar-refractivity contribution in [2.24, 2.45) is 0 Å². The third-order valence-corrected chi connectivity index (χ3v) is 2.97. The lowest BCUT2D eigenvalue weighted by Crippen LogP contribution is -2.37. The van der Waals surface area contributed by atoms with Gasteiger partial charge < -0.3 is 15.2 Å². The van der Waals surface area contributed by atoms with E-state index in [4.69, 9.17) is 9.84 Å². The highest BCUT2D eigenvalue weighted by atomic mass is 16.5. The Kier molecular flexibility index (Phi) is 6.37. The third-order valence-electron chi connectivity index (χ3n) is 2.97. The summed E-state index contributed by atoms with van der Waals surface area (Å²) < 4.78 is 5.26. The number of nitrogens with zero attached hydrogens (tertiary/aromatic N) is 1. The Labute approximate surface area is 96.8 Å². The Bertz CT molecular complexity index is 205. The van der Waals surface area contributed by atoms with E-state index in [2.05, 4.69) is 10.2 Å². The molecule has 1 fully saturated rings. The highest BCUT2D eigenvalue weighted by molar-refractivity contribution is 5.73. The monoisotopic (exact) mass is 230 g/mol. The molecule has 1 heterocycles. The molecule has 0 amide bonds. The lowest BCUT2D eigenvalue weighted by molar-refractivity contribution is -0.139. The average Bonchev–Trinajstić information content (AvgIpc) is 2.30. The SMILES string of the molecule is CN[C@@H](CCCCN1CCOCC1)C(=O)O. The zero-order valence-electron chi connectivity index (χ0n) is 9.95. The van der Waals surface area contributed by atoms with Gasteiger partial charge in [-0.2, -0.15) is 0 Å². The molecule has 0 unspecified atom stereocenters. The largest absolute Gasteiger partial charge is 0.480 e. The van der Waals surface area contributed by atoms with Crippen molar-refractivity contribution in [3.63, 3.8) is 0 Å². The van der Waals surface area contributed by atoms with Gasteiger partial charge in [0.1, 0.15) is 6.04 Å². The normalized spacial score (nSPS) is 19.6. The fraction of sp³-hybridized carbons (Fsp3) is 0.909. The summed E-state index contributed by atoms with van der Waals surface area (Å²) in [4.78, 5) is 13.1. The lowest BCUT2D eigenvalue weighted by atomic mass is 10.1. The Morgan fingerprint density at radius 1 is 1.44 bits per heavy atom. The van der Waals surface area contributed by atoms with Crippen molar-refractivity contribution in [1.82, 2.24) is 10.2 Å². The van der Waals surface area contributed by atoms with E-state index in [1.54, 1.807) is 7.05 Å². The van der Waals surface area contributed by atoms with Crippen LogP contribution in [0.25, 0.3) is 0 Å². The molecule has 1 atom stereocenters. The molecule has 0 aromatic heterocycles. The standard InChI is InChI=1S/C11H22N2O3/c1-12-10(11(14)15)4-2-3-5-13-6-8-16-9-7-13/h10,12H,2-9H2,1H3,(H,14,15)/t10-/m0/s1. The van der Waals surface area contributed by atoms with Crippen LogP contribution in [0.2, 0.25) is 0 Å². The maximum Gasteiger partial charge on any atom is 0.320 e. The molecule has 0 spiro atoms. The van der Waals surface area contributed by atoms with Crippen molar-refractivity contribution in [3.8, 4) is 0 Å². The fourth-order valence-corrected chi connectivity index (χ4v) is 1.90. The molecule has 1 aliphatic heterocycles. The number of carboxylic acid groups (broad SMARTS) is 1. The molecule has 0 aromatic carbocycles. The van der Waals surface area contributed by atoms with Crippen LogP contribution in [-0.4, -0.2) is 61.9 Å². The highest BCUT2D eigenvalue weighted by Gasteiger charge is 2.14. The molecule has 1 aliphatic rings. The smallest absolute Gasteiger partial charge is 0.320 e. The molecule has 0 radical (unpaired) electrons. The quantitative estimate of drug-likeness (QED) is 0.610. The van der Waals surface area contributed by atoms with E-state index < -0.39 is 12.0 Å². The maximum atomic E-state index is 10.7. The molecule has 1 saturated heterocycles. The number of aliphatic carboxylic acids is 1. The predicted octanol–water partition coefficient (Wildman–Crippen LogP) is 0.162. The first-order valence-corrected chi connectivity index (χ1v) is 5.94. The summed E-state index contributed by atoms with van der Waals surface area (Å²) >= 11 is 0. The van der Waals surface area contributed by atoms with Gasteiger partial charge in [0.2, 0.25) is 0 Å². The topological polar surface area (TPSA) is 61.8 Å². The van der Waals surface area contributed by atoms with Gasteiger partial charge in [-0.25, -0.2) is 0 Å². The molecule has 0 saturated carbocycles. The minimum atomic E-state index is -0.756. The van der Waals surface area contributed by atoms with Crippen molar-refractivity contribution < 1.29 is 14.6 Å². The number of carbonyl (C=O) groups is 1. The van der Waals surface area contributed by atoms with Gasteiger partial charge in [-0.1, -0.05) is 6.42 Å². The fourth-order valence-electron chi connectivity index (χ4n) is 1.90. The van der Waals surface area contributed by atoms with E-state index in [0.29, 0.717) is 6.42 Å². The first kappa shape index (κ1) is 13.4. The van der Waals surface area contributed by atoms with Crippen molar-refractivity contribution >= 4 is 5.97 Å². The van der Waals surface area contributed by atoms with Crippen LogP contribution in [0.1, 0.15) is 19.3 Å². The summed E-state index contributed by atoms with van der Waals surface area (Å²) in [7, 11) is 1.70. The van der Waals surface area contributed by atoms with E-state index in [1.165, 1.54) is 0 Å². The highest BCUT2D eigenvalue weighted by Crippen LogP contribution is 2.04. The number of morpholine rings is 1. The zero-order valence-corrected chi connectivity index (χ0v) is 9.95. The van der Waals surface area contributed by atoms with Crippen LogP contribution < -0.4 is 5.32 Å². The minimum Gasteiger partial charge on any atom is -0.480 e. The molecule has 5 heteroatoms. The summed E-state index contributed by atoms with van der Waals surface area (Å²) in [6.45, 7) is 4.73. The second-order valence-electron chi connectivity index (χ2n) is 4.13. The van der Waals surface area contributed by atoms with Crippen LogP contribution in [-0.2, 0) is 9.53 Å². The van der Waals surface area contributed by atoms with Gasteiger partial charge in [0, 0.05) is 13.1 Å². The Balaban J connectivity index is 2.03. The molecular formula is C11H22N2O3. The third kappa shape index (κ3) is 4.92. The van der Waals surface area contributed by atoms with Crippen molar-refractivity contribution in [1.29, 1.82) is 0 Å². The van der Waals surface area contributed by atoms with Gasteiger partial charge in [0.15, 0.2) is 0 Å². The van der Waals surface area contributed by atoms with Crippen LogP contribution in [0.4, 0.5) is 0 Å². The van der Waals surface area contributed by atoms with E-state index in [9.17, 15) is 4.79 Å². The molecule has 16 heavy (non-hydrogen) atoms. The van der Waals surface area contributed by atoms with Gasteiger partial charge in [0.05, 0.1) is 13.2 Å². The number of unbranched alkanes of at least 4 members (excludes halogenated alkanes) is 1. The maximum absolute atomic E-state index is 10.7. The second-order valence-corrected chi connectivity index (χ2v) is 4.13. The summed E-state index contributed by atoms with van der Waals surface area (Å²) in [5.74, 6) is -0.756.